The molecule has 0 aliphatic carbocycles. The summed E-state index contributed by atoms with van der Waals surface area (Å²) in [5.41, 5.74) is 1.76. The van der Waals surface area contributed by atoms with Gasteiger partial charge in [-0.3, -0.25) is 4.79 Å². The maximum Gasteiger partial charge on any atom is 0.255 e. The number of anilines is 2. The molecule has 148 valence electrons. The molecule has 1 aromatic carbocycles. The molecule has 9 nitrogen and oxygen atoms in total. The fraction of sp³-hybridized carbons (Fsp3) is 0.250. The van der Waals surface area contributed by atoms with Crippen LogP contribution in [-0.2, 0) is 4.74 Å². The van der Waals surface area contributed by atoms with Gasteiger partial charge < -0.3 is 19.7 Å². The van der Waals surface area contributed by atoms with Gasteiger partial charge >= 0.3 is 0 Å². The van der Waals surface area contributed by atoms with Crippen molar-refractivity contribution in [2.75, 3.05) is 36.5 Å². The third-order valence-corrected chi connectivity index (χ3v) is 4.28. The second-order valence-corrected chi connectivity index (χ2v) is 6.47. The Labute approximate surface area is 167 Å². The summed E-state index contributed by atoms with van der Waals surface area (Å²) in [6, 6.07) is 10.4. The molecule has 3 aromatic rings. The molecule has 2 aromatic heterocycles. The fourth-order valence-corrected chi connectivity index (χ4v) is 2.78. The van der Waals surface area contributed by atoms with Gasteiger partial charge in [-0.25, -0.2) is 9.97 Å². The van der Waals surface area contributed by atoms with Crippen molar-refractivity contribution >= 4 is 17.5 Å². The molecule has 9 heteroatoms. The average Bonchev–Trinajstić information content (AvgIpc) is 2.77. The molecular formula is C20H20N6O3. The van der Waals surface area contributed by atoms with Gasteiger partial charge in [0.05, 0.1) is 37.0 Å². The third kappa shape index (κ3) is 4.82. The highest BCUT2D eigenvalue weighted by Crippen LogP contribution is 2.21. The highest BCUT2D eigenvalue weighted by atomic mass is 16.5. The Morgan fingerprint density at radius 2 is 1.90 bits per heavy atom. The van der Waals surface area contributed by atoms with Gasteiger partial charge in [0.25, 0.3) is 5.91 Å². The molecule has 0 radical (unpaired) electrons. The van der Waals surface area contributed by atoms with Gasteiger partial charge in [-0.05, 0) is 31.2 Å². The molecule has 3 heterocycles. The first-order valence-electron chi connectivity index (χ1n) is 9.22. The minimum Gasteiger partial charge on any atom is -0.438 e. The van der Waals surface area contributed by atoms with Gasteiger partial charge in [0.15, 0.2) is 0 Å². The Kier molecular flexibility index (Phi) is 5.57. The number of nitrogens with one attached hydrogen (secondary N) is 1. The molecule has 4 rings (SSSR count). The molecule has 0 saturated carbocycles. The zero-order valence-corrected chi connectivity index (χ0v) is 15.9. The van der Waals surface area contributed by atoms with Gasteiger partial charge in [0, 0.05) is 24.7 Å². The van der Waals surface area contributed by atoms with E-state index in [9.17, 15) is 4.79 Å². The summed E-state index contributed by atoms with van der Waals surface area (Å²) in [6.07, 6.45) is 3.19. The number of aromatic nitrogens is 4. The van der Waals surface area contributed by atoms with Crippen LogP contribution in [0.25, 0.3) is 0 Å². The van der Waals surface area contributed by atoms with E-state index in [4.69, 9.17) is 9.47 Å². The Morgan fingerprint density at radius 3 is 2.62 bits per heavy atom. The molecule has 1 N–H and O–H groups in total. The summed E-state index contributed by atoms with van der Waals surface area (Å²) < 4.78 is 11.0. The smallest absolute Gasteiger partial charge is 0.255 e. The molecule has 29 heavy (non-hydrogen) atoms. The number of aryl methyl sites for hydroxylation is 1. The Morgan fingerprint density at radius 1 is 1.10 bits per heavy atom. The van der Waals surface area contributed by atoms with Crippen molar-refractivity contribution in [3.63, 3.8) is 0 Å². The van der Waals surface area contributed by atoms with Crippen molar-refractivity contribution in [2.24, 2.45) is 0 Å². The molecule has 0 unspecified atom stereocenters. The highest BCUT2D eigenvalue weighted by molar-refractivity contribution is 6.04. The van der Waals surface area contributed by atoms with Crippen LogP contribution in [0.4, 0.5) is 11.6 Å². The van der Waals surface area contributed by atoms with Gasteiger partial charge in [-0.1, -0.05) is 6.07 Å². The molecular weight excluding hydrogens is 372 g/mol. The minimum absolute atomic E-state index is 0.284. The molecule has 1 fully saturated rings. The summed E-state index contributed by atoms with van der Waals surface area (Å²) in [6.45, 7) is 4.68. The van der Waals surface area contributed by atoms with Crippen LogP contribution in [0.1, 0.15) is 16.1 Å². The van der Waals surface area contributed by atoms with Crippen LogP contribution in [0, 0.1) is 6.92 Å². The lowest BCUT2D eigenvalue weighted by Crippen LogP contribution is -2.37. The van der Waals surface area contributed by atoms with Gasteiger partial charge in [-0.15, -0.1) is 5.10 Å². The van der Waals surface area contributed by atoms with E-state index in [2.05, 4.69) is 25.5 Å². The maximum atomic E-state index is 12.6. The van der Waals surface area contributed by atoms with E-state index in [1.165, 1.54) is 0 Å². The summed E-state index contributed by atoms with van der Waals surface area (Å²) in [5.74, 6) is 1.20. The highest BCUT2D eigenvalue weighted by Gasteiger charge is 2.14. The molecule has 0 bridgehead atoms. The zero-order chi connectivity index (χ0) is 20.1. The number of carbonyl (C=O) groups is 1. The predicted molar refractivity (Wildman–Crippen MR) is 106 cm³/mol. The molecule has 1 aliphatic rings. The first-order valence-corrected chi connectivity index (χ1v) is 9.22. The van der Waals surface area contributed by atoms with E-state index >= 15 is 0 Å². The SMILES string of the molecule is Cc1ccc(Oc2cccc(C(=O)Nc3cnc(N4CCOCC4)nc3)c2)nn1. The van der Waals surface area contributed by atoms with E-state index < -0.39 is 0 Å². The number of nitrogens with zero attached hydrogens (tertiary/aromatic N) is 5. The van der Waals surface area contributed by atoms with Crippen LogP contribution in [0.5, 0.6) is 11.6 Å². The summed E-state index contributed by atoms with van der Waals surface area (Å²) in [5, 5.41) is 10.7. The first kappa shape index (κ1) is 18.8. The number of hydrogen-bond acceptors (Lipinski definition) is 8. The van der Waals surface area contributed by atoms with Gasteiger partial charge in [0.2, 0.25) is 11.8 Å². The Bertz CT molecular complexity index is 972. The number of hydrogen-bond donors (Lipinski definition) is 1. The number of morpholine rings is 1. The molecule has 1 amide bonds. The fourth-order valence-electron chi connectivity index (χ4n) is 2.78. The van der Waals surface area contributed by atoms with Crippen molar-refractivity contribution in [3.05, 3.63) is 60.0 Å². The lowest BCUT2D eigenvalue weighted by atomic mass is 10.2. The van der Waals surface area contributed by atoms with Gasteiger partial charge in [0.1, 0.15) is 5.75 Å². The molecule has 0 atom stereocenters. The normalized spacial score (nSPS) is 13.8. The van der Waals surface area contributed by atoms with Crippen molar-refractivity contribution < 1.29 is 14.3 Å². The van der Waals surface area contributed by atoms with Crippen molar-refractivity contribution in [1.82, 2.24) is 20.2 Å². The van der Waals surface area contributed by atoms with Crippen LogP contribution in [0.15, 0.2) is 48.8 Å². The van der Waals surface area contributed by atoms with Crippen LogP contribution in [0.2, 0.25) is 0 Å². The van der Waals surface area contributed by atoms with Crippen molar-refractivity contribution in [2.45, 2.75) is 6.92 Å². The van der Waals surface area contributed by atoms with E-state index in [0.717, 1.165) is 18.8 Å². The lowest BCUT2D eigenvalue weighted by Gasteiger charge is -2.26. The summed E-state index contributed by atoms with van der Waals surface area (Å²) in [4.78, 5) is 23.3. The lowest BCUT2D eigenvalue weighted by molar-refractivity contribution is 0.102. The number of carbonyl (C=O) groups excluding carboxylic acids is 1. The third-order valence-electron chi connectivity index (χ3n) is 4.28. The standard InChI is InChI=1S/C20H20N6O3/c1-14-5-6-18(25-24-14)29-17-4-2-3-15(11-17)19(27)23-16-12-21-20(22-13-16)26-7-9-28-10-8-26/h2-6,11-13H,7-10H2,1H3,(H,23,27). The quantitative estimate of drug-likeness (QED) is 0.706. The van der Waals surface area contributed by atoms with Crippen molar-refractivity contribution in [1.29, 1.82) is 0 Å². The number of benzene rings is 1. The minimum atomic E-state index is -0.284. The topological polar surface area (TPSA) is 102 Å². The Hall–Kier alpha value is -3.59. The van der Waals surface area contributed by atoms with Gasteiger partial charge in [-0.2, -0.15) is 5.10 Å². The molecule has 0 spiro atoms. The number of amides is 1. The predicted octanol–water partition coefficient (Wildman–Crippen LogP) is 2.46. The summed E-state index contributed by atoms with van der Waals surface area (Å²) in [7, 11) is 0. The van der Waals surface area contributed by atoms with E-state index in [1.807, 2.05) is 11.8 Å². The molecule has 1 saturated heterocycles. The Balaban J connectivity index is 1.41. The van der Waals surface area contributed by atoms with Crippen LogP contribution in [0.3, 0.4) is 0 Å². The second-order valence-electron chi connectivity index (χ2n) is 6.47. The van der Waals surface area contributed by atoms with Crippen LogP contribution >= 0.6 is 0 Å². The van der Waals surface area contributed by atoms with Crippen molar-refractivity contribution in [3.8, 4) is 11.6 Å². The monoisotopic (exact) mass is 392 g/mol. The van der Waals surface area contributed by atoms with Crippen LogP contribution < -0.4 is 15.0 Å². The average molecular weight is 392 g/mol. The number of rotatable bonds is 5. The zero-order valence-electron chi connectivity index (χ0n) is 15.9. The largest absolute Gasteiger partial charge is 0.438 e. The first-order chi connectivity index (χ1) is 14.2. The number of ether oxygens (including phenoxy) is 2. The van der Waals surface area contributed by atoms with E-state index in [0.29, 0.717) is 42.0 Å². The summed E-state index contributed by atoms with van der Waals surface area (Å²) >= 11 is 0. The van der Waals surface area contributed by atoms with E-state index in [1.54, 1.807) is 48.8 Å². The second kappa shape index (κ2) is 8.61. The maximum absolute atomic E-state index is 12.6. The van der Waals surface area contributed by atoms with Crippen LogP contribution in [-0.4, -0.2) is 52.4 Å². The molecule has 1 aliphatic heterocycles. The van der Waals surface area contributed by atoms with E-state index in [-0.39, 0.29) is 5.91 Å².